The highest BCUT2D eigenvalue weighted by molar-refractivity contribution is 6.07. The van der Waals surface area contributed by atoms with Crippen molar-refractivity contribution in [3.8, 4) is 17.3 Å². The number of aromatic hydroxyl groups is 1. The quantitative estimate of drug-likeness (QED) is 0.332. The average molecular weight is 397 g/mol. The van der Waals surface area contributed by atoms with Crippen LogP contribution in [0, 0.1) is 13.8 Å². The lowest BCUT2D eigenvalue weighted by atomic mass is 10.1. The number of rotatable bonds is 3. The van der Waals surface area contributed by atoms with Crippen molar-refractivity contribution in [1.29, 1.82) is 0 Å². The molecule has 0 spiro atoms. The Kier molecular flexibility index (Phi) is 4.03. The first kappa shape index (κ1) is 17.9. The first-order chi connectivity index (χ1) is 14.5. The predicted octanol–water partition coefficient (Wildman–Crippen LogP) is 4.68. The fourth-order valence-electron chi connectivity index (χ4n) is 3.54. The van der Waals surface area contributed by atoms with Crippen molar-refractivity contribution in [2.24, 2.45) is 0 Å². The summed E-state index contributed by atoms with van der Waals surface area (Å²) in [6.45, 7) is 3.68. The van der Waals surface area contributed by atoms with Gasteiger partial charge in [0.25, 0.3) is 5.91 Å². The number of nitrogens with zero attached hydrogens (tertiary/aromatic N) is 2. The summed E-state index contributed by atoms with van der Waals surface area (Å²) in [5.74, 6) is 0.655. The zero-order valence-corrected chi connectivity index (χ0v) is 16.4. The Morgan fingerprint density at radius 3 is 2.67 bits per heavy atom. The van der Waals surface area contributed by atoms with E-state index in [4.69, 9.17) is 0 Å². The number of amides is 1. The number of phenols is 1. The lowest BCUT2D eigenvalue weighted by Gasteiger charge is -2.11. The highest BCUT2D eigenvalue weighted by atomic mass is 16.3. The number of nitrogens with one attached hydrogen (secondary N) is 3. The fraction of sp³-hybridized carbons (Fsp3) is 0.0870. The molecule has 5 rings (SSSR count). The van der Waals surface area contributed by atoms with E-state index in [1.54, 1.807) is 24.3 Å². The number of hydrogen-bond acceptors (Lipinski definition) is 4. The molecule has 148 valence electrons. The zero-order valence-electron chi connectivity index (χ0n) is 16.4. The molecule has 0 saturated carbocycles. The second-order valence-corrected chi connectivity index (χ2v) is 7.27. The number of fused-ring (bicyclic) bond motifs is 2. The van der Waals surface area contributed by atoms with Crippen LogP contribution in [0.1, 0.15) is 21.5 Å². The van der Waals surface area contributed by atoms with Crippen LogP contribution in [0.2, 0.25) is 0 Å². The third kappa shape index (κ3) is 2.88. The average Bonchev–Trinajstić information content (AvgIpc) is 3.37. The maximum absolute atomic E-state index is 12.8. The number of H-pyrrole nitrogens is 2. The van der Waals surface area contributed by atoms with Crippen LogP contribution in [-0.4, -0.2) is 31.2 Å². The lowest BCUT2D eigenvalue weighted by molar-refractivity contribution is 0.102. The molecule has 0 bridgehead atoms. The third-order valence-corrected chi connectivity index (χ3v) is 5.45. The van der Waals surface area contributed by atoms with Crippen molar-refractivity contribution in [2.75, 3.05) is 5.32 Å². The summed E-state index contributed by atoms with van der Waals surface area (Å²) >= 11 is 0. The first-order valence-corrected chi connectivity index (χ1v) is 9.55. The molecule has 0 saturated heterocycles. The molecule has 1 amide bonds. The fourth-order valence-corrected chi connectivity index (χ4v) is 3.54. The molecule has 2 heterocycles. The van der Waals surface area contributed by atoms with Gasteiger partial charge in [-0.05, 0) is 67.4 Å². The summed E-state index contributed by atoms with van der Waals surface area (Å²) in [6, 6.07) is 16.5. The smallest absolute Gasteiger partial charge is 0.255 e. The molecule has 3 aromatic carbocycles. The molecule has 0 aliphatic rings. The zero-order chi connectivity index (χ0) is 20.8. The largest absolute Gasteiger partial charge is 0.508 e. The number of carbonyl (C=O) groups excluding carboxylic acids is 1. The SMILES string of the molecule is Cc1c(O)ccc(NC(=O)c2ccc3c(-c4nc5ccccc5[nH]4)n[nH]c3c2)c1C. The van der Waals surface area contributed by atoms with E-state index in [2.05, 4.69) is 25.5 Å². The molecule has 0 fully saturated rings. The van der Waals surface area contributed by atoms with Crippen molar-refractivity contribution in [2.45, 2.75) is 13.8 Å². The van der Waals surface area contributed by atoms with Gasteiger partial charge in [-0.25, -0.2) is 4.98 Å². The molecule has 0 radical (unpaired) electrons. The molecule has 7 nitrogen and oxygen atoms in total. The van der Waals surface area contributed by atoms with E-state index < -0.39 is 0 Å². The summed E-state index contributed by atoms with van der Waals surface area (Å²) in [6.07, 6.45) is 0. The topological polar surface area (TPSA) is 107 Å². The van der Waals surface area contributed by atoms with Crippen LogP contribution in [0.4, 0.5) is 5.69 Å². The van der Waals surface area contributed by atoms with Crippen LogP contribution in [0.5, 0.6) is 5.75 Å². The van der Waals surface area contributed by atoms with E-state index in [0.717, 1.165) is 33.1 Å². The van der Waals surface area contributed by atoms with Gasteiger partial charge in [0.05, 0.1) is 16.6 Å². The second-order valence-electron chi connectivity index (χ2n) is 7.27. The van der Waals surface area contributed by atoms with Crippen molar-refractivity contribution in [1.82, 2.24) is 20.2 Å². The number of imidazole rings is 1. The van der Waals surface area contributed by atoms with Crippen molar-refractivity contribution < 1.29 is 9.90 Å². The van der Waals surface area contributed by atoms with Crippen LogP contribution in [0.3, 0.4) is 0 Å². The van der Waals surface area contributed by atoms with Gasteiger partial charge in [0.2, 0.25) is 0 Å². The van der Waals surface area contributed by atoms with Gasteiger partial charge in [0.15, 0.2) is 5.82 Å². The Bertz CT molecular complexity index is 1400. The van der Waals surface area contributed by atoms with E-state index in [0.29, 0.717) is 22.8 Å². The van der Waals surface area contributed by atoms with Crippen molar-refractivity contribution >= 4 is 33.5 Å². The lowest BCUT2D eigenvalue weighted by Crippen LogP contribution is -2.13. The molecule has 30 heavy (non-hydrogen) atoms. The number of carbonyl (C=O) groups is 1. The minimum absolute atomic E-state index is 0.211. The molecule has 0 aliphatic heterocycles. The minimum Gasteiger partial charge on any atom is -0.508 e. The maximum atomic E-state index is 12.8. The number of benzene rings is 3. The normalized spacial score (nSPS) is 11.3. The number of hydrogen-bond donors (Lipinski definition) is 4. The Morgan fingerprint density at radius 2 is 1.83 bits per heavy atom. The van der Waals surface area contributed by atoms with Gasteiger partial charge in [-0.3, -0.25) is 9.89 Å². The summed E-state index contributed by atoms with van der Waals surface area (Å²) in [5.41, 5.74) is 6.02. The first-order valence-electron chi connectivity index (χ1n) is 9.55. The van der Waals surface area contributed by atoms with E-state index in [1.807, 2.05) is 44.2 Å². The monoisotopic (exact) mass is 397 g/mol. The summed E-state index contributed by atoms with van der Waals surface area (Å²) in [4.78, 5) is 20.7. The molecular formula is C23H19N5O2. The third-order valence-electron chi connectivity index (χ3n) is 5.45. The standard InChI is InChI=1S/C23H19N5O2/c1-12-13(2)20(29)10-9-16(12)26-23(30)14-7-8-15-19(11-14)27-28-21(15)22-24-17-5-3-4-6-18(17)25-22/h3-11,29H,1-2H3,(H,24,25)(H,26,30)(H,27,28). The van der Waals surface area contributed by atoms with Crippen LogP contribution >= 0.6 is 0 Å². The van der Waals surface area contributed by atoms with Gasteiger partial charge in [-0.15, -0.1) is 0 Å². The summed E-state index contributed by atoms with van der Waals surface area (Å²) in [5, 5.41) is 21.0. The Balaban J connectivity index is 1.47. The Labute approximate surface area is 171 Å². The van der Waals surface area contributed by atoms with E-state index in [-0.39, 0.29) is 11.7 Å². The summed E-state index contributed by atoms with van der Waals surface area (Å²) < 4.78 is 0. The van der Waals surface area contributed by atoms with Crippen LogP contribution in [-0.2, 0) is 0 Å². The van der Waals surface area contributed by atoms with Gasteiger partial charge in [0, 0.05) is 16.6 Å². The van der Waals surface area contributed by atoms with Crippen LogP contribution in [0.25, 0.3) is 33.5 Å². The molecular weight excluding hydrogens is 378 g/mol. The van der Waals surface area contributed by atoms with Crippen LogP contribution in [0.15, 0.2) is 54.6 Å². The number of aromatic nitrogens is 4. The van der Waals surface area contributed by atoms with Gasteiger partial charge >= 0.3 is 0 Å². The molecule has 7 heteroatoms. The maximum Gasteiger partial charge on any atom is 0.255 e. The van der Waals surface area contributed by atoms with E-state index >= 15 is 0 Å². The van der Waals surface area contributed by atoms with E-state index in [1.165, 1.54) is 0 Å². The molecule has 0 atom stereocenters. The molecule has 5 aromatic rings. The van der Waals surface area contributed by atoms with Crippen LogP contribution < -0.4 is 5.32 Å². The molecule has 4 N–H and O–H groups in total. The Morgan fingerprint density at radius 1 is 1.00 bits per heavy atom. The summed E-state index contributed by atoms with van der Waals surface area (Å²) in [7, 11) is 0. The molecule has 0 unspecified atom stereocenters. The predicted molar refractivity (Wildman–Crippen MR) is 117 cm³/mol. The Hall–Kier alpha value is -4.13. The van der Waals surface area contributed by atoms with Gasteiger partial charge in [-0.2, -0.15) is 5.10 Å². The molecule has 2 aromatic heterocycles. The van der Waals surface area contributed by atoms with Crippen molar-refractivity contribution in [3.63, 3.8) is 0 Å². The highest BCUT2D eigenvalue weighted by Gasteiger charge is 2.15. The van der Waals surface area contributed by atoms with E-state index in [9.17, 15) is 9.90 Å². The number of anilines is 1. The number of phenolic OH excluding ortho intramolecular Hbond substituents is 1. The van der Waals surface area contributed by atoms with Gasteiger partial charge in [-0.1, -0.05) is 12.1 Å². The van der Waals surface area contributed by atoms with Crippen molar-refractivity contribution in [3.05, 3.63) is 71.3 Å². The molecule has 0 aliphatic carbocycles. The number of para-hydroxylation sites is 2. The minimum atomic E-state index is -0.232. The van der Waals surface area contributed by atoms with Gasteiger partial charge < -0.3 is 15.4 Å². The van der Waals surface area contributed by atoms with Gasteiger partial charge in [0.1, 0.15) is 11.4 Å². The number of aromatic amines is 2. The second kappa shape index (κ2) is 6.73. The highest BCUT2D eigenvalue weighted by Crippen LogP contribution is 2.29.